The molecule has 0 aromatic heterocycles. The van der Waals surface area contributed by atoms with Crippen molar-refractivity contribution < 1.29 is 2.85 Å². The zero-order valence-electron chi connectivity index (χ0n) is 7.28. The van der Waals surface area contributed by atoms with Gasteiger partial charge in [-0.2, -0.15) is 0 Å². The third kappa shape index (κ3) is 4.38. The fourth-order valence-corrected chi connectivity index (χ4v) is 1.06. The molecule has 1 atom stereocenters. The molecule has 1 unspecified atom stereocenters. The van der Waals surface area contributed by atoms with E-state index in [1.54, 1.807) is 0 Å². The number of hydrogen-bond donors (Lipinski definition) is 0. The molecule has 0 aliphatic carbocycles. The molecule has 0 fully saturated rings. The van der Waals surface area contributed by atoms with Gasteiger partial charge in [-0.05, 0) is 0 Å². The van der Waals surface area contributed by atoms with Crippen molar-refractivity contribution in [3.05, 3.63) is 0 Å². The second kappa shape index (κ2) is 4.69. The maximum atomic E-state index is 2.75. The summed E-state index contributed by atoms with van der Waals surface area (Å²) in [6.07, 6.45) is 2.69. The molecule has 0 N–H and O–H groups in total. The zero-order valence-corrected chi connectivity index (χ0v) is 6.43. The SMILES string of the molecule is CCC(C)C[CH2][Al+2].[H-].[H-]. The Morgan fingerprint density at radius 3 is 2.43 bits per heavy atom. The monoisotopic (exact) mass is 114 g/mol. The molecule has 0 bridgehead atoms. The average Bonchev–Trinajstić information content (AvgIpc) is 1.68. The second-order valence-electron chi connectivity index (χ2n) is 2.09. The van der Waals surface area contributed by atoms with Gasteiger partial charge in [0.1, 0.15) is 0 Å². The number of hydrogen-bond acceptors (Lipinski definition) is 0. The van der Waals surface area contributed by atoms with Crippen LogP contribution in [0.3, 0.4) is 0 Å². The fraction of sp³-hybridized carbons (Fsp3) is 1.00. The standard InChI is InChI=1S/C6H13.Al.2H/c1-4-6(3)5-2;;;/h6H,1,4-5H2,2-3H3;;;/q;+2;2*-1. The molecule has 1 heteroatoms. The van der Waals surface area contributed by atoms with Crippen LogP contribution in [0.15, 0.2) is 0 Å². The summed E-state index contributed by atoms with van der Waals surface area (Å²) in [5.41, 5.74) is 0. The van der Waals surface area contributed by atoms with E-state index < -0.39 is 0 Å². The topological polar surface area (TPSA) is 0 Å². The number of rotatable bonds is 3. The minimum atomic E-state index is 0. The normalized spacial score (nSPS) is 14.3. The van der Waals surface area contributed by atoms with Crippen molar-refractivity contribution in [3.63, 3.8) is 0 Å². The molecular weight excluding hydrogens is 99.0 g/mol. The van der Waals surface area contributed by atoms with Crippen molar-refractivity contribution in [1.29, 1.82) is 0 Å². The summed E-state index contributed by atoms with van der Waals surface area (Å²) >= 11 is 2.75. The van der Waals surface area contributed by atoms with Gasteiger partial charge in [0.2, 0.25) is 0 Å². The van der Waals surface area contributed by atoms with Crippen molar-refractivity contribution >= 4 is 16.3 Å². The Balaban J connectivity index is -0.000000180. The van der Waals surface area contributed by atoms with Gasteiger partial charge < -0.3 is 2.85 Å². The summed E-state index contributed by atoms with van der Waals surface area (Å²) in [7, 11) is 0. The molecule has 0 saturated carbocycles. The Morgan fingerprint density at radius 2 is 2.29 bits per heavy atom. The van der Waals surface area contributed by atoms with Crippen molar-refractivity contribution in [1.82, 2.24) is 0 Å². The van der Waals surface area contributed by atoms with Gasteiger partial charge in [-0.1, -0.05) is 0 Å². The predicted octanol–water partition coefficient (Wildman–Crippen LogP) is 2.23. The van der Waals surface area contributed by atoms with E-state index in [4.69, 9.17) is 0 Å². The zero-order chi connectivity index (χ0) is 5.70. The molecule has 0 saturated heterocycles. The smallest absolute Gasteiger partial charge is 1.00 e. The van der Waals surface area contributed by atoms with Crippen molar-refractivity contribution in [2.24, 2.45) is 5.92 Å². The molecular formula is C6H15Al. The van der Waals surface area contributed by atoms with Gasteiger partial charge in [0, 0.05) is 0 Å². The molecule has 42 valence electrons. The van der Waals surface area contributed by atoms with Crippen LogP contribution in [0.2, 0.25) is 5.28 Å². The van der Waals surface area contributed by atoms with Crippen LogP contribution in [0.1, 0.15) is 29.5 Å². The van der Waals surface area contributed by atoms with Gasteiger partial charge in [-0.3, -0.25) is 0 Å². The van der Waals surface area contributed by atoms with E-state index in [2.05, 4.69) is 30.1 Å². The maximum Gasteiger partial charge on any atom is -1.00 e. The molecule has 0 aromatic carbocycles. The van der Waals surface area contributed by atoms with E-state index in [0.29, 0.717) is 0 Å². The van der Waals surface area contributed by atoms with Crippen LogP contribution in [-0.2, 0) is 0 Å². The Morgan fingerprint density at radius 1 is 1.71 bits per heavy atom. The van der Waals surface area contributed by atoms with E-state index in [9.17, 15) is 0 Å². The van der Waals surface area contributed by atoms with Crippen molar-refractivity contribution in [2.75, 3.05) is 0 Å². The first-order valence-electron chi connectivity index (χ1n) is 3.01. The fourth-order valence-electron chi connectivity index (χ4n) is 0.489. The Kier molecular flexibility index (Phi) is 5.04. The first-order chi connectivity index (χ1) is 3.31. The molecule has 0 heterocycles. The van der Waals surface area contributed by atoms with Crippen LogP contribution >= 0.6 is 0 Å². The molecule has 0 aliphatic rings. The van der Waals surface area contributed by atoms with Crippen LogP contribution in [0.4, 0.5) is 0 Å². The molecule has 0 amide bonds. The van der Waals surface area contributed by atoms with E-state index in [1.807, 2.05) is 0 Å². The summed E-state index contributed by atoms with van der Waals surface area (Å²) in [4.78, 5) is 0. The van der Waals surface area contributed by atoms with E-state index in [0.717, 1.165) is 5.92 Å². The molecule has 0 spiro atoms. The van der Waals surface area contributed by atoms with E-state index in [-0.39, 0.29) is 2.85 Å². The van der Waals surface area contributed by atoms with Gasteiger partial charge >= 0.3 is 54.2 Å². The molecule has 0 rings (SSSR count). The first-order valence-corrected chi connectivity index (χ1v) is 3.83. The van der Waals surface area contributed by atoms with Gasteiger partial charge in [0.15, 0.2) is 0 Å². The molecule has 0 aromatic rings. The molecule has 0 nitrogen and oxygen atoms in total. The van der Waals surface area contributed by atoms with Gasteiger partial charge in [-0.15, -0.1) is 0 Å². The first kappa shape index (κ1) is 7.53. The Hall–Kier alpha value is 0.532. The largest absolute Gasteiger partial charge is 1.00 e. The summed E-state index contributed by atoms with van der Waals surface area (Å²) in [6.45, 7) is 4.54. The average molecular weight is 114 g/mol. The van der Waals surface area contributed by atoms with Crippen LogP contribution in [0.25, 0.3) is 0 Å². The Labute approximate surface area is 57.7 Å². The van der Waals surface area contributed by atoms with Gasteiger partial charge in [0.25, 0.3) is 0 Å². The molecule has 7 heavy (non-hydrogen) atoms. The van der Waals surface area contributed by atoms with Crippen molar-refractivity contribution in [3.8, 4) is 0 Å². The minimum absolute atomic E-state index is 0. The second-order valence-corrected chi connectivity index (χ2v) is 2.67. The van der Waals surface area contributed by atoms with Crippen LogP contribution in [0.5, 0.6) is 0 Å². The Bertz CT molecular complexity index is 42.0. The summed E-state index contributed by atoms with van der Waals surface area (Å²) in [5, 5.41) is 1.26. The van der Waals surface area contributed by atoms with Gasteiger partial charge in [0.05, 0.1) is 0 Å². The van der Waals surface area contributed by atoms with E-state index >= 15 is 0 Å². The summed E-state index contributed by atoms with van der Waals surface area (Å²) in [6, 6.07) is 0. The van der Waals surface area contributed by atoms with Crippen LogP contribution in [-0.4, -0.2) is 16.3 Å². The summed E-state index contributed by atoms with van der Waals surface area (Å²) < 4.78 is 0. The third-order valence-corrected chi connectivity index (χ3v) is 1.69. The third-order valence-electron chi connectivity index (χ3n) is 1.36. The quantitative estimate of drug-likeness (QED) is 0.493. The van der Waals surface area contributed by atoms with Crippen molar-refractivity contribution in [2.45, 2.75) is 32.0 Å². The summed E-state index contributed by atoms with van der Waals surface area (Å²) in [5.74, 6) is 0.928. The maximum absolute atomic E-state index is 2.75. The molecule has 0 aliphatic heterocycles. The van der Waals surface area contributed by atoms with Crippen LogP contribution in [0, 0.1) is 5.92 Å². The van der Waals surface area contributed by atoms with E-state index in [1.165, 1.54) is 18.1 Å². The van der Waals surface area contributed by atoms with Crippen LogP contribution < -0.4 is 0 Å². The predicted molar refractivity (Wildman–Crippen MR) is 36.9 cm³/mol. The molecule has 0 radical (unpaired) electrons. The van der Waals surface area contributed by atoms with Gasteiger partial charge in [-0.25, -0.2) is 0 Å². The minimum Gasteiger partial charge on any atom is -1.00 e.